The van der Waals surface area contributed by atoms with E-state index in [9.17, 15) is 9.59 Å². The number of nitrogens with two attached hydrogens (primary N) is 1. The van der Waals surface area contributed by atoms with Gasteiger partial charge in [0.15, 0.2) is 5.78 Å². The average molecular weight is 267 g/mol. The van der Waals surface area contributed by atoms with Crippen LogP contribution in [0.25, 0.3) is 0 Å². The molecule has 0 saturated carbocycles. The number of ketones is 1. The van der Waals surface area contributed by atoms with Gasteiger partial charge in [-0.15, -0.1) is 0 Å². The highest BCUT2D eigenvalue weighted by molar-refractivity contribution is 6.16. The first-order chi connectivity index (χ1) is 9.41. The van der Waals surface area contributed by atoms with Gasteiger partial charge in [0.2, 0.25) is 5.91 Å². The van der Waals surface area contributed by atoms with Gasteiger partial charge in [-0.1, -0.05) is 35.9 Å². The molecule has 0 bridgehead atoms. The summed E-state index contributed by atoms with van der Waals surface area (Å²) in [6, 6.07) is 10.6. The number of primary amides is 1. The predicted octanol–water partition coefficient (Wildman–Crippen LogP) is 2.94. The van der Waals surface area contributed by atoms with Gasteiger partial charge >= 0.3 is 0 Å². The van der Waals surface area contributed by atoms with E-state index in [1.54, 1.807) is 24.3 Å². The second kappa shape index (κ2) is 5.29. The molecule has 1 amide bonds. The third-order valence-corrected chi connectivity index (χ3v) is 3.34. The van der Waals surface area contributed by atoms with E-state index in [0.717, 1.165) is 16.7 Å². The van der Waals surface area contributed by atoms with Crippen molar-refractivity contribution >= 4 is 11.7 Å². The second-order valence-electron chi connectivity index (χ2n) is 5.01. The summed E-state index contributed by atoms with van der Waals surface area (Å²) < 4.78 is 0. The number of hydrogen-bond donors (Lipinski definition) is 1. The van der Waals surface area contributed by atoms with Crippen LogP contribution in [-0.2, 0) is 0 Å². The minimum Gasteiger partial charge on any atom is -0.366 e. The third-order valence-electron chi connectivity index (χ3n) is 3.34. The average Bonchev–Trinajstić information content (AvgIpc) is 2.37. The van der Waals surface area contributed by atoms with Crippen LogP contribution in [0.3, 0.4) is 0 Å². The van der Waals surface area contributed by atoms with Crippen molar-refractivity contribution in [2.24, 2.45) is 5.73 Å². The van der Waals surface area contributed by atoms with E-state index in [-0.39, 0.29) is 11.3 Å². The van der Waals surface area contributed by atoms with Crippen molar-refractivity contribution in [1.82, 2.24) is 0 Å². The quantitative estimate of drug-likeness (QED) is 0.869. The molecule has 0 atom stereocenters. The van der Waals surface area contributed by atoms with E-state index in [1.165, 1.54) is 0 Å². The molecule has 0 spiro atoms. The fourth-order valence-electron chi connectivity index (χ4n) is 2.57. The van der Waals surface area contributed by atoms with Crippen LogP contribution in [0, 0.1) is 20.8 Å². The van der Waals surface area contributed by atoms with Gasteiger partial charge in [-0.2, -0.15) is 0 Å². The normalized spacial score (nSPS) is 10.3. The van der Waals surface area contributed by atoms with E-state index < -0.39 is 5.91 Å². The lowest BCUT2D eigenvalue weighted by Gasteiger charge is -2.12. The standard InChI is InChI=1S/C17H17NO2/c1-10-8-11(2)15(12(3)9-10)16(19)13-6-4-5-7-14(13)17(18)20/h4-9H,1-3H3,(H2,18,20). The molecule has 0 aliphatic carbocycles. The van der Waals surface area contributed by atoms with Crippen molar-refractivity contribution in [3.05, 3.63) is 69.8 Å². The summed E-state index contributed by atoms with van der Waals surface area (Å²) in [7, 11) is 0. The molecule has 102 valence electrons. The monoisotopic (exact) mass is 267 g/mol. The summed E-state index contributed by atoms with van der Waals surface area (Å²) in [4.78, 5) is 24.2. The zero-order valence-corrected chi connectivity index (χ0v) is 11.9. The van der Waals surface area contributed by atoms with Gasteiger partial charge in [-0.3, -0.25) is 9.59 Å². The molecule has 0 aliphatic heterocycles. The Morgan fingerprint density at radius 3 is 1.90 bits per heavy atom. The molecule has 2 rings (SSSR count). The fraction of sp³-hybridized carbons (Fsp3) is 0.176. The molecule has 0 saturated heterocycles. The van der Waals surface area contributed by atoms with Crippen LogP contribution in [0.1, 0.15) is 43.0 Å². The van der Waals surface area contributed by atoms with E-state index >= 15 is 0 Å². The van der Waals surface area contributed by atoms with Crippen LogP contribution in [0.5, 0.6) is 0 Å². The molecule has 0 aliphatic rings. The van der Waals surface area contributed by atoms with Crippen molar-refractivity contribution in [3.63, 3.8) is 0 Å². The van der Waals surface area contributed by atoms with Crippen molar-refractivity contribution in [3.8, 4) is 0 Å². The Kier molecular flexibility index (Phi) is 3.70. The van der Waals surface area contributed by atoms with Gasteiger partial charge < -0.3 is 5.73 Å². The molecule has 2 N–H and O–H groups in total. The number of carbonyl (C=O) groups excluding carboxylic acids is 2. The molecule has 3 nitrogen and oxygen atoms in total. The topological polar surface area (TPSA) is 60.2 Å². The smallest absolute Gasteiger partial charge is 0.249 e. The van der Waals surface area contributed by atoms with Crippen molar-refractivity contribution in [2.75, 3.05) is 0 Å². The van der Waals surface area contributed by atoms with Gasteiger partial charge in [-0.05, 0) is 38.0 Å². The minimum atomic E-state index is -0.587. The summed E-state index contributed by atoms with van der Waals surface area (Å²) in [6.45, 7) is 5.80. The molecule has 0 heterocycles. The Balaban J connectivity index is 2.61. The summed E-state index contributed by atoms with van der Waals surface area (Å²) in [5.41, 5.74) is 9.53. The largest absolute Gasteiger partial charge is 0.366 e. The Morgan fingerprint density at radius 1 is 0.900 bits per heavy atom. The molecule has 0 unspecified atom stereocenters. The highest BCUT2D eigenvalue weighted by atomic mass is 16.1. The lowest BCUT2D eigenvalue weighted by Crippen LogP contribution is -2.17. The minimum absolute atomic E-state index is 0.158. The first-order valence-corrected chi connectivity index (χ1v) is 6.43. The van der Waals surface area contributed by atoms with Gasteiger partial charge in [0, 0.05) is 11.1 Å². The first kappa shape index (κ1) is 14.0. The van der Waals surface area contributed by atoms with E-state index in [2.05, 4.69) is 0 Å². The Hall–Kier alpha value is -2.42. The maximum Gasteiger partial charge on any atom is 0.249 e. The van der Waals surface area contributed by atoms with Gasteiger partial charge in [0.1, 0.15) is 0 Å². The molecule has 0 aromatic heterocycles. The fourth-order valence-corrected chi connectivity index (χ4v) is 2.57. The molecule has 2 aromatic rings. The Bertz CT molecular complexity index is 679. The molecular weight excluding hydrogens is 250 g/mol. The van der Waals surface area contributed by atoms with E-state index in [1.807, 2.05) is 32.9 Å². The molecule has 2 aromatic carbocycles. The molecule has 0 fully saturated rings. The van der Waals surface area contributed by atoms with Crippen molar-refractivity contribution in [1.29, 1.82) is 0 Å². The van der Waals surface area contributed by atoms with Gasteiger partial charge in [0.25, 0.3) is 0 Å². The number of carbonyl (C=O) groups is 2. The Labute approximate surface area is 118 Å². The number of hydrogen-bond acceptors (Lipinski definition) is 2. The molecule has 20 heavy (non-hydrogen) atoms. The first-order valence-electron chi connectivity index (χ1n) is 6.43. The van der Waals surface area contributed by atoms with Crippen LogP contribution in [0.2, 0.25) is 0 Å². The maximum absolute atomic E-state index is 12.7. The number of rotatable bonds is 3. The summed E-state index contributed by atoms with van der Waals surface area (Å²) in [5, 5.41) is 0. The number of amides is 1. The lowest BCUT2D eigenvalue weighted by atomic mass is 9.91. The SMILES string of the molecule is Cc1cc(C)c(C(=O)c2ccccc2C(N)=O)c(C)c1. The maximum atomic E-state index is 12.7. The number of benzene rings is 2. The Morgan fingerprint density at radius 2 is 1.40 bits per heavy atom. The van der Waals surface area contributed by atoms with Gasteiger partial charge in [0.05, 0.1) is 5.56 Å². The van der Waals surface area contributed by atoms with Crippen LogP contribution < -0.4 is 5.73 Å². The molecular formula is C17H17NO2. The van der Waals surface area contributed by atoms with Gasteiger partial charge in [-0.25, -0.2) is 0 Å². The second-order valence-corrected chi connectivity index (χ2v) is 5.01. The van der Waals surface area contributed by atoms with Crippen molar-refractivity contribution < 1.29 is 9.59 Å². The van der Waals surface area contributed by atoms with Crippen LogP contribution >= 0.6 is 0 Å². The van der Waals surface area contributed by atoms with Crippen LogP contribution in [-0.4, -0.2) is 11.7 Å². The lowest BCUT2D eigenvalue weighted by molar-refractivity contribution is 0.0980. The summed E-state index contributed by atoms with van der Waals surface area (Å²) in [6.07, 6.45) is 0. The third kappa shape index (κ3) is 2.48. The van der Waals surface area contributed by atoms with Crippen LogP contribution in [0.4, 0.5) is 0 Å². The highest BCUT2D eigenvalue weighted by Crippen LogP contribution is 2.22. The predicted molar refractivity (Wildman–Crippen MR) is 79.0 cm³/mol. The zero-order chi connectivity index (χ0) is 14.9. The van der Waals surface area contributed by atoms with E-state index in [4.69, 9.17) is 5.73 Å². The number of aryl methyl sites for hydroxylation is 3. The summed E-state index contributed by atoms with van der Waals surface area (Å²) in [5.74, 6) is -0.745. The summed E-state index contributed by atoms with van der Waals surface area (Å²) >= 11 is 0. The van der Waals surface area contributed by atoms with Crippen LogP contribution in [0.15, 0.2) is 36.4 Å². The van der Waals surface area contributed by atoms with E-state index in [0.29, 0.717) is 11.1 Å². The zero-order valence-electron chi connectivity index (χ0n) is 11.9. The highest BCUT2D eigenvalue weighted by Gasteiger charge is 2.19. The van der Waals surface area contributed by atoms with Crippen molar-refractivity contribution in [2.45, 2.75) is 20.8 Å². The molecule has 0 radical (unpaired) electrons. The molecule has 3 heteroatoms.